The third kappa shape index (κ3) is 5.34. The van der Waals surface area contributed by atoms with Gasteiger partial charge in [0.15, 0.2) is 0 Å². The Kier molecular flexibility index (Phi) is 8.08. The van der Waals surface area contributed by atoms with Gasteiger partial charge in [0.05, 0.1) is 6.04 Å². The van der Waals surface area contributed by atoms with Crippen LogP contribution in [0, 0.1) is 0 Å². The van der Waals surface area contributed by atoms with Crippen molar-refractivity contribution < 1.29 is 4.79 Å². The second kappa shape index (κ2) is 8.72. The molecule has 0 spiro atoms. The molecule has 2 N–H and O–H groups in total. The number of hydrogen-bond acceptors (Lipinski definition) is 2. The molecule has 0 saturated heterocycles. The van der Waals surface area contributed by atoms with Gasteiger partial charge in [0.2, 0.25) is 5.91 Å². The van der Waals surface area contributed by atoms with Crippen molar-refractivity contribution in [1.82, 2.24) is 4.90 Å². The van der Waals surface area contributed by atoms with Crippen LogP contribution in [0.3, 0.4) is 0 Å². The van der Waals surface area contributed by atoms with Gasteiger partial charge in [-0.05, 0) is 18.9 Å². The number of halogens is 1. The second-order valence-corrected chi connectivity index (χ2v) is 4.10. The van der Waals surface area contributed by atoms with Crippen LogP contribution in [0.4, 0.5) is 0 Å². The number of amides is 1. The van der Waals surface area contributed by atoms with E-state index < -0.39 is 6.04 Å². The maximum absolute atomic E-state index is 11.8. The number of benzene rings is 1. The van der Waals surface area contributed by atoms with Crippen LogP contribution in [0.25, 0.3) is 0 Å². The quantitative estimate of drug-likeness (QED) is 0.803. The minimum atomic E-state index is -0.453. The summed E-state index contributed by atoms with van der Waals surface area (Å²) >= 11 is 0. The smallest absolute Gasteiger partial charge is 0.239 e. The molecule has 0 aromatic heterocycles. The summed E-state index contributed by atoms with van der Waals surface area (Å²) in [6.45, 7) is 6.60. The minimum Gasteiger partial charge on any atom is -0.337 e. The summed E-state index contributed by atoms with van der Waals surface area (Å²) in [4.78, 5) is 13.5. The van der Waals surface area contributed by atoms with E-state index in [-0.39, 0.29) is 18.3 Å². The third-order valence-electron chi connectivity index (χ3n) is 2.56. The number of nitrogens with two attached hydrogens (primary N) is 1. The maximum Gasteiger partial charge on any atom is 0.239 e. The van der Waals surface area contributed by atoms with Crippen molar-refractivity contribution in [2.75, 3.05) is 13.1 Å². The van der Waals surface area contributed by atoms with Crippen LogP contribution in [0.5, 0.6) is 0 Å². The zero-order valence-electron chi connectivity index (χ0n) is 10.7. The highest BCUT2D eigenvalue weighted by Crippen LogP contribution is 2.02. The molecule has 0 fully saturated rings. The zero-order valence-corrected chi connectivity index (χ0v) is 11.5. The summed E-state index contributed by atoms with van der Waals surface area (Å²) in [5.41, 5.74) is 6.83. The van der Waals surface area contributed by atoms with Crippen LogP contribution in [-0.2, 0) is 11.2 Å². The fraction of sp³-hybridized carbons (Fsp3) is 0.357. The van der Waals surface area contributed by atoms with Crippen molar-refractivity contribution in [3.8, 4) is 0 Å². The Labute approximate surface area is 115 Å². The predicted molar refractivity (Wildman–Crippen MR) is 77.8 cm³/mol. The van der Waals surface area contributed by atoms with Crippen LogP contribution in [0.2, 0.25) is 0 Å². The van der Waals surface area contributed by atoms with Crippen LogP contribution in [0.1, 0.15) is 12.5 Å². The maximum atomic E-state index is 11.8. The lowest BCUT2D eigenvalue weighted by Gasteiger charge is -2.23. The van der Waals surface area contributed by atoms with Gasteiger partial charge in [-0.2, -0.15) is 0 Å². The first-order valence-electron chi connectivity index (χ1n) is 5.84. The Morgan fingerprint density at radius 1 is 1.44 bits per heavy atom. The van der Waals surface area contributed by atoms with Gasteiger partial charge in [-0.1, -0.05) is 36.4 Å². The Morgan fingerprint density at radius 3 is 2.56 bits per heavy atom. The largest absolute Gasteiger partial charge is 0.337 e. The molecule has 100 valence electrons. The Bertz CT molecular complexity index is 365. The average Bonchev–Trinajstić information content (AvgIpc) is 2.34. The molecule has 0 aliphatic carbocycles. The number of hydrogen-bond donors (Lipinski definition) is 1. The number of carbonyl (C=O) groups excluding carboxylic acids is 1. The van der Waals surface area contributed by atoms with Gasteiger partial charge in [0.1, 0.15) is 0 Å². The van der Waals surface area contributed by atoms with Gasteiger partial charge in [-0.15, -0.1) is 19.0 Å². The van der Waals surface area contributed by atoms with E-state index in [9.17, 15) is 4.79 Å². The molecule has 0 aliphatic heterocycles. The first-order chi connectivity index (χ1) is 8.15. The van der Waals surface area contributed by atoms with E-state index in [1.165, 1.54) is 5.56 Å². The van der Waals surface area contributed by atoms with Crippen molar-refractivity contribution in [2.45, 2.75) is 19.4 Å². The zero-order chi connectivity index (χ0) is 12.7. The Balaban J connectivity index is 0.00000289. The molecule has 18 heavy (non-hydrogen) atoms. The summed E-state index contributed by atoms with van der Waals surface area (Å²) in [5.74, 6) is -0.0270. The summed E-state index contributed by atoms with van der Waals surface area (Å²) in [7, 11) is 0. The average molecular weight is 269 g/mol. The lowest BCUT2D eigenvalue weighted by molar-refractivity contribution is -0.131. The molecule has 1 aromatic carbocycles. The molecule has 0 saturated carbocycles. The summed E-state index contributed by atoms with van der Waals surface area (Å²) in [5, 5.41) is 0. The molecule has 0 bridgehead atoms. The van der Waals surface area contributed by atoms with E-state index in [2.05, 4.69) is 18.7 Å². The van der Waals surface area contributed by atoms with Crippen molar-refractivity contribution >= 4 is 18.3 Å². The van der Waals surface area contributed by atoms with E-state index >= 15 is 0 Å². The van der Waals surface area contributed by atoms with E-state index in [1.807, 2.05) is 18.2 Å². The lowest BCUT2D eigenvalue weighted by atomic mass is 10.1. The third-order valence-corrected chi connectivity index (χ3v) is 2.56. The van der Waals surface area contributed by atoms with E-state index in [4.69, 9.17) is 5.73 Å². The van der Waals surface area contributed by atoms with Crippen molar-refractivity contribution in [3.63, 3.8) is 0 Å². The van der Waals surface area contributed by atoms with Crippen molar-refractivity contribution in [3.05, 3.63) is 48.6 Å². The van der Waals surface area contributed by atoms with Gasteiger partial charge < -0.3 is 10.6 Å². The normalized spacial score (nSPS) is 11.2. The predicted octanol–water partition coefficient (Wildman–Crippen LogP) is 2.01. The van der Waals surface area contributed by atoms with Gasteiger partial charge in [0, 0.05) is 13.1 Å². The fourth-order valence-corrected chi connectivity index (χ4v) is 1.64. The van der Waals surface area contributed by atoms with Crippen molar-refractivity contribution in [1.29, 1.82) is 0 Å². The van der Waals surface area contributed by atoms with Crippen molar-refractivity contribution in [2.24, 2.45) is 5.73 Å². The molecule has 0 radical (unpaired) electrons. The van der Waals surface area contributed by atoms with Gasteiger partial charge in [-0.3, -0.25) is 4.79 Å². The van der Waals surface area contributed by atoms with Crippen LogP contribution >= 0.6 is 12.4 Å². The summed E-state index contributed by atoms with van der Waals surface area (Å²) in [6.07, 6.45) is 2.57. The standard InChI is InChI=1S/C14H20N2O.ClH/c1-3-10-16(14(17)12(2)15)11-9-13-7-5-4-6-8-13;/h3-8,12H,1,9-11,15H2,2H3;1H/t12-;/m0./s1. The molecule has 3 nitrogen and oxygen atoms in total. The summed E-state index contributed by atoms with van der Waals surface area (Å²) < 4.78 is 0. The Morgan fingerprint density at radius 2 is 2.06 bits per heavy atom. The molecular formula is C14H21ClN2O. The Hall–Kier alpha value is -1.32. The minimum absolute atomic E-state index is 0. The first-order valence-corrected chi connectivity index (χ1v) is 5.84. The highest BCUT2D eigenvalue weighted by Gasteiger charge is 2.15. The first kappa shape index (κ1) is 16.7. The molecule has 0 heterocycles. The molecule has 1 atom stereocenters. The molecule has 1 amide bonds. The number of nitrogens with zero attached hydrogens (tertiary/aromatic N) is 1. The van der Waals surface area contributed by atoms with E-state index in [0.717, 1.165) is 6.42 Å². The van der Waals surface area contributed by atoms with E-state index in [0.29, 0.717) is 13.1 Å². The monoisotopic (exact) mass is 268 g/mol. The van der Waals surface area contributed by atoms with Crippen LogP contribution < -0.4 is 5.73 Å². The fourth-order valence-electron chi connectivity index (χ4n) is 1.64. The number of carbonyl (C=O) groups is 1. The molecule has 1 rings (SSSR count). The summed E-state index contributed by atoms with van der Waals surface area (Å²) in [6, 6.07) is 9.65. The van der Waals surface area contributed by atoms with E-state index in [1.54, 1.807) is 17.9 Å². The number of rotatable bonds is 6. The molecule has 0 aliphatic rings. The molecular weight excluding hydrogens is 248 g/mol. The van der Waals surface area contributed by atoms with Gasteiger partial charge >= 0.3 is 0 Å². The van der Waals surface area contributed by atoms with Gasteiger partial charge in [0.25, 0.3) is 0 Å². The topological polar surface area (TPSA) is 46.3 Å². The molecule has 4 heteroatoms. The lowest BCUT2D eigenvalue weighted by Crippen LogP contribution is -2.43. The van der Waals surface area contributed by atoms with Crippen LogP contribution in [-0.4, -0.2) is 29.9 Å². The highest BCUT2D eigenvalue weighted by atomic mass is 35.5. The van der Waals surface area contributed by atoms with Crippen LogP contribution in [0.15, 0.2) is 43.0 Å². The SMILES string of the molecule is C=CCN(CCc1ccccc1)C(=O)[C@H](C)N.Cl. The highest BCUT2D eigenvalue weighted by molar-refractivity contribution is 5.85. The molecule has 1 aromatic rings. The van der Waals surface area contributed by atoms with Gasteiger partial charge in [-0.25, -0.2) is 0 Å². The molecule has 0 unspecified atom stereocenters. The second-order valence-electron chi connectivity index (χ2n) is 4.10.